The van der Waals surface area contributed by atoms with E-state index < -0.39 is 17.4 Å². The normalized spacial score (nSPS) is 14.7. The van der Waals surface area contributed by atoms with Crippen LogP contribution < -0.4 is 0 Å². The highest BCUT2D eigenvalue weighted by Gasteiger charge is 2.43. The number of aromatic carboxylic acids is 1. The molecule has 35 heavy (non-hydrogen) atoms. The van der Waals surface area contributed by atoms with Crippen LogP contribution in [0.1, 0.15) is 61.4 Å². The van der Waals surface area contributed by atoms with Crippen LogP contribution in [0.15, 0.2) is 60.7 Å². The van der Waals surface area contributed by atoms with Gasteiger partial charge < -0.3 is 15.1 Å². The summed E-state index contributed by atoms with van der Waals surface area (Å²) in [7, 11) is 0. The van der Waals surface area contributed by atoms with Gasteiger partial charge in [-0.05, 0) is 71.0 Å². The molecule has 6 nitrogen and oxygen atoms in total. The number of carbonyl (C=O) groups is 3. The molecular weight excluding hydrogens is 442 g/mol. The summed E-state index contributed by atoms with van der Waals surface area (Å²) in [5.74, 6) is -1.75. The zero-order chi connectivity index (χ0) is 25.0. The Bertz CT molecular complexity index is 1240. The Morgan fingerprint density at radius 3 is 2.11 bits per heavy atom. The Morgan fingerprint density at radius 1 is 0.857 bits per heavy atom. The van der Waals surface area contributed by atoms with Gasteiger partial charge in [-0.2, -0.15) is 0 Å². The summed E-state index contributed by atoms with van der Waals surface area (Å²) in [6.07, 6.45) is 4.15. The molecule has 6 heteroatoms. The van der Waals surface area contributed by atoms with Crippen LogP contribution in [0.4, 0.5) is 0 Å². The average Bonchev–Trinajstić information content (AvgIpc) is 3.33. The minimum atomic E-state index is -0.948. The van der Waals surface area contributed by atoms with Crippen LogP contribution >= 0.6 is 0 Å². The molecular formula is C29H31NO5. The van der Waals surface area contributed by atoms with Crippen LogP contribution in [0.3, 0.4) is 0 Å². The van der Waals surface area contributed by atoms with Gasteiger partial charge in [0.15, 0.2) is 0 Å². The van der Waals surface area contributed by atoms with Crippen molar-refractivity contribution in [1.82, 2.24) is 4.90 Å². The molecule has 0 atom stereocenters. The third-order valence-electron chi connectivity index (χ3n) is 7.07. The number of nitrogens with zero attached hydrogens (tertiary/aromatic N) is 1. The first-order chi connectivity index (χ1) is 16.8. The molecule has 0 radical (unpaired) electrons. The van der Waals surface area contributed by atoms with Crippen LogP contribution in [-0.2, 0) is 16.1 Å². The van der Waals surface area contributed by atoms with Crippen molar-refractivity contribution in [3.8, 4) is 11.1 Å². The standard InChI is InChI=1S/C29H31NO5/c1-2-5-26(31)30(19-29(28(34)35)14-3-4-15-29)18-20-6-7-25-17-24(13-12-23(25)16-20)21-8-10-22(11-9-21)27(32)33/h6-13,16-17H,2-5,14-15,18-19H2,1H3,(H,32,33)(H,34,35). The molecule has 0 saturated heterocycles. The van der Waals surface area contributed by atoms with E-state index in [4.69, 9.17) is 5.11 Å². The van der Waals surface area contributed by atoms with Gasteiger partial charge in [0.05, 0.1) is 11.0 Å². The van der Waals surface area contributed by atoms with Crippen molar-refractivity contribution in [2.24, 2.45) is 5.41 Å². The van der Waals surface area contributed by atoms with Crippen LogP contribution in [0, 0.1) is 5.41 Å². The molecule has 182 valence electrons. The molecule has 1 saturated carbocycles. The number of carboxylic acids is 2. The highest BCUT2D eigenvalue weighted by molar-refractivity contribution is 5.90. The third-order valence-corrected chi connectivity index (χ3v) is 7.07. The van der Waals surface area contributed by atoms with Crippen LogP contribution in [-0.4, -0.2) is 39.5 Å². The van der Waals surface area contributed by atoms with E-state index in [0.717, 1.165) is 46.7 Å². The van der Waals surface area contributed by atoms with Crippen molar-refractivity contribution in [3.05, 3.63) is 71.8 Å². The van der Waals surface area contributed by atoms with E-state index in [0.29, 0.717) is 25.8 Å². The number of carbonyl (C=O) groups excluding carboxylic acids is 1. The Morgan fingerprint density at radius 2 is 1.49 bits per heavy atom. The van der Waals surface area contributed by atoms with Gasteiger partial charge in [0.25, 0.3) is 0 Å². The molecule has 0 spiro atoms. The molecule has 0 unspecified atom stereocenters. The zero-order valence-corrected chi connectivity index (χ0v) is 20.0. The van der Waals surface area contributed by atoms with Crippen LogP contribution in [0.2, 0.25) is 0 Å². The summed E-state index contributed by atoms with van der Waals surface area (Å²) < 4.78 is 0. The highest BCUT2D eigenvalue weighted by atomic mass is 16.4. The predicted molar refractivity (Wildman–Crippen MR) is 135 cm³/mol. The molecule has 1 fully saturated rings. The fourth-order valence-corrected chi connectivity index (χ4v) is 5.06. The Hall–Kier alpha value is -3.67. The van der Waals surface area contributed by atoms with E-state index in [-0.39, 0.29) is 18.0 Å². The third kappa shape index (κ3) is 5.37. The van der Waals surface area contributed by atoms with E-state index >= 15 is 0 Å². The molecule has 2 N–H and O–H groups in total. The van der Waals surface area contributed by atoms with Crippen molar-refractivity contribution in [2.75, 3.05) is 6.54 Å². The first-order valence-electron chi connectivity index (χ1n) is 12.2. The number of rotatable bonds is 9. The summed E-state index contributed by atoms with van der Waals surface area (Å²) in [6.45, 7) is 2.61. The van der Waals surface area contributed by atoms with E-state index in [1.807, 2.05) is 31.2 Å². The number of hydrogen-bond acceptors (Lipinski definition) is 3. The quantitative estimate of drug-likeness (QED) is 0.399. The largest absolute Gasteiger partial charge is 0.481 e. The van der Waals surface area contributed by atoms with Crippen molar-refractivity contribution in [2.45, 2.75) is 52.0 Å². The second-order valence-electron chi connectivity index (χ2n) is 9.57. The average molecular weight is 474 g/mol. The number of aliphatic carboxylic acids is 1. The maximum Gasteiger partial charge on any atom is 0.335 e. The first-order valence-corrected chi connectivity index (χ1v) is 12.2. The molecule has 1 aliphatic rings. The SMILES string of the molecule is CCCC(=O)N(Cc1ccc2cc(-c3ccc(C(=O)O)cc3)ccc2c1)CC1(C(=O)O)CCCC1. The van der Waals surface area contributed by atoms with Crippen molar-refractivity contribution in [1.29, 1.82) is 0 Å². The van der Waals surface area contributed by atoms with Gasteiger partial charge in [-0.25, -0.2) is 4.79 Å². The molecule has 1 aliphatic carbocycles. The molecule has 4 rings (SSSR count). The van der Waals surface area contributed by atoms with Gasteiger partial charge in [-0.15, -0.1) is 0 Å². The van der Waals surface area contributed by atoms with Crippen molar-refractivity contribution in [3.63, 3.8) is 0 Å². The summed E-state index contributed by atoms with van der Waals surface area (Å²) in [5.41, 5.74) is 2.31. The highest BCUT2D eigenvalue weighted by Crippen LogP contribution is 2.39. The Labute approximate surface area is 205 Å². The number of fused-ring (bicyclic) bond motifs is 1. The van der Waals surface area contributed by atoms with Crippen LogP contribution in [0.25, 0.3) is 21.9 Å². The smallest absolute Gasteiger partial charge is 0.335 e. The molecule has 0 aliphatic heterocycles. The molecule has 0 bridgehead atoms. The Balaban J connectivity index is 1.57. The molecule has 0 aromatic heterocycles. The minimum Gasteiger partial charge on any atom is -0.481 e. The minimum absolute atomic E-state index is 0.000257. The van der Waals surface area contributed by atoms with Gasteiger partial charge >= 0.3 is 11.9 Å². The van der Waals surface area contributed by atoms with E-state index in [1.54, 1.807) is 29.2 Å². The summed E-state index contributed by atoms with van der Waals surface area (Å²) in [5, 5.41) is 21.1. The van der Waals surface area contributed by atoms with Gasteiger partial charge in [-0.1, -0.05) is 56.2 Å². The summed E-state index contributed by atoms with van der Waals surface area (Å²) in [6, 6.07) is 19.0. The molecule has 3 aromatic carbocycles. The van der Waals surface area contributed by atoms with Gasteiger partial charge in [0, 0.05) is 19.5 Å². The molecule has 0 heterocycles. The van der Waals surface area contributed by atoms with E-state index in [1.165, 1.54) is 0 Å². The second-order valence-corrected chi connectivity index (χ2v) is 9.57. The topological polar surface area (TPSA) is 94.9 Å². The predicted octanol–water partition coefficient (Wildman–Crippen LogP) is 5.98. The maximum absolute atomic E-state index is 12.9. The lowest BCUT2D eigenvalue weighted by molar-refractivity contribution is -0.151. The maximum atomic E-state index is 12.9. The van der Waals surface area contributed by atoms with Crippen LogP contribution in [0.5, 0.6) is 0 Å². The van der Waals surface area contributed by atoms with Crippen molar-refractivity contribution < 1.29 is 24.6 Å². The number of benzene rings is 3. The fraction of sp³-hybridized carbons (Fsp3) is 0.345. The monoisotopic (exact) mass is 473 g/mol. The fourth-order valence-electron chi connectivity index (χ4n) is 5.06. The lowest BCUT2D eigenvalue weighted by atomic mass is 9.85. The zero-order valence-electron chi connectivity index (χ0n) is 20.0. The molecule has 1 amide bonds. The van der Waals surface area contributed by atoms with E-state index in [9.17, 15) is 19.5 Å². The lowest BCUT2D eigenvalue weighted by Crippen LogP contribution is -2.43. The Kier molecular flexibility index (Phi) is 7.20. The number of amides is 1. The summed E-state index contributed by atoms with van der Waals surface area (Å²) >= 11 is 0. The summed E-state index contributed by atoms with van der Waals surface area (Å²) in [4.78, 5) is 37.9. The van der Waals surface area contributed by atoms with Gasteiger partial charge in [0.1, 0.15) is 0 Å². The van der Waals surface area contributed by atoms with Gasteiger partial charge in [0.2, 0.25) is 5.91 Å². The molecule has 3 aromatic rings. The second kappa shape index (κ2) is 10.3. The number of hydrogen-bond donors (Lipinski definition) is 2. The van der Waals surface area contributed by atoms with E-state index in [2.05, 4.69) is 12.1 Å². The lowest BCUT2D eigenvalue weighted by Gasteiger charge is -2.32. The van der Waals surface area contributed by atoms with Crippen molar-refractivity contribution >= 4 is 28.6 Å². The first kappa shape index (κ1) is 24.5. The number of carboxylic acid groups (broad SMARTS) is 2. The van der Waals surface area contributed by atoms with Gasteiger partial charge in [-0.3, -0.25) is 9.59 Å².